The van der Waals surface area contributed by atoms with Gasteiger partial charge in [0, 0.05) is 19.6 Å². The van der Waals surface area contributed by atoms with Gasteiger partial charge in [0.15, 0.2) is 0 Å². The summed E-state index contributed by atoms with van der Waals surface area (Å²) in [4.78, 5) is 13.8. The first-order valence-electron chi connectivity index (χ1n) is 6.38. The van der Waals surface area contributed by atoms with Gasteiger partial charge in [0.1, 0.15) is 0 Å². The van der Waals surface area contributed by atoms with Gasteiger partial charge in [-0.3, -0.25) is 4.79 Å². The van der Waals surface area contributed by atoms with Crippen LogP contribution in [-0.2, 0) is 17.8 Å². The summed E-state index contributed by atoms with van der Waals surface area (Å²) in [6.45, 7) is 5.21. The Balaban J connectivity index is 2.30. The molecule has 0 fully saturated rings. The Bertz CT molecular complexity index is 362. The van der Waals surface area contributed by atoms with Gasteiger partial charge < -0.3 is 16.0 Å². The number of carbonyl (C=O) groups is 1. The number of rotatable bonds is 7. The molecule has 4 nitrogen and oxygen atoms in total. The Labute approximate surface area is 109 Å². The maximum Gasteiger partial charge on any atom is 0.224 e. The highest BCUT2D eigenvalue weighted by molar-refractivity contribution is 5.78. The molecule has 1 amide bonds. The zero-order chi connectivity index (χ0) is 13.4. The minimum absolute atomic E-state index is 0.0694. The van der Waals surface area contributed by atoms with Crippen molar-refractivity contribution in [1.82, 2.24) is 10.2 Å². The molecule has 0 atom stereocenters. The standard InChI is InChI=1S/C14H23N3O/c1-3-17(2)9-8-16-14(18)10-12-4-6-13(11-15)7-5-12/h4-7H,3,8-11,15H2,1-2H3,(H,16,18). The lowest BCUT2D eigenvalue weighted by Gasteiger charge is -2.14. The maximum atomic E-state index is 11.7. The fourth-order valence-corrected chi connectivity index (χ4v) is 1.59. The molecule has 0 aliphatic carbocycles. The van der Waals surface area contributed by atoms with E-state index in [-0.39, 0.29) is 5.91 Å². The van der Waals surface area contributed by atoms with Crippen LogP contribution in [0.15, 0.2) is 24.3 Å². The molecule has 1 aromatic carbocycles. The average molecular weight is 249 g/mol. The van der Waals surface area contributed by atoms with E-state index in [2.05, 4.69) is 17.1 Å². The fraction of sp³-hybridized carbons (Fsp3) is 0.500. The van der Waals surface area contributed by atoms with Crippen molar-refractivity contribution in [2.45, 2.75) is 19.9 Å². The summed E-state index contributed by atoms with van der Waals surface area (Å²) < 4.78 is 0. The highest BCUT2D eigenvalue weighted by Crippen LogP contribution is 2.04. The molecule has 0 aromatic heterocycles. The van der Waals surface area contributed by atoms with Crippen molar-refractivity contribution in [2.75, 3.05) is 26.7 Å². The minimum atomic E-state index is 0.0694. The number of hydrogen-bond acceptors (Lipinski definition) is 3. The van der Waals surface area contributed by atoms with Crippen LogP contribution < -0.4 is 11.1 Å². The van der Waals surface area contributed by atoms with Crippen LogP contribution in [-0.4, -0.2) is 37.5 Å². The Morgan fingerprint density at radius 3 is 2.44 bits per heavy atom. The average Bonchev–Trinajstić information content (AvgIpc) is 2.39. The largest absolute Gasteiger partial charge is 0.355 e. The van der Waals surface area contributed by atoms with Crippen molar-refractivity contribution in [2.24, 2.45) is 5.73 Å². The second-order valence-electron chi connectivity index (χ2n) is 4.44. The molecule has 4 heteroatoms. The van der Waals surface area contributed by atoms with Gasteiger partial charge in [-0.25, -0.2) is 0 Å². The molecular weight excluding hydrogens is 226 g/mol. The monoisotopic (exact) mass is 249 g/mol. The van der Waals surface area contributed by atoms with E-state index in [4.69, 9.17) is 5.73 Å². The van der Waals surface area contributed by atoms with Gasteiger partial charge in [-0.2, -0.15) is 0 Å². The van der Waals surface area contributed by atoms with Gasteiger partial charge in [-0.15, -0.1) is 0 Å². The quantitative estimate of drug-likeness (QED) is 0.750. The Hall–Kier alpha value is -1.39. The zero-order valence-electron chi connectivity index (χ0n) is 11.3. The van der Waals surface area contributed by atoms with Crippen LogP contribution in [0.1, 0.15) is 18.1 Å². The summed E-state index contributed by atoms with van der Waals surface area (Å²) in [7, 11) is 2.04. The molecule has 1 rings (SSSR count). The summed E-state index contributed by atoms with van der Waals surface area (Å²) >= 11 is 0. The minimum Gasteiger partial charge on any atom is -0.355 e. The lowest BCUT2D eigenvalue weighted by atomic mass is 10.1. The fourth-order valence-electron chi connectivity index (χ4n) is 1.59. The molecular formula is C14H23N3O. The molecule has 0 aliphatic rings. The van der Waals surface area contributed by atoms with Crippen molar-refractivity contribution in [3.63, 3.8) is 0 Å². The number of hydrogen-bond donors (Lipinski definition) is 2. The summed E-state index contributed by atoms with van der Waals surface area (Å²) in [5, 5.41) is 2.92. The van der Waals surface area contributed by atoms with Gasteiger partial charge in [0.2, 0.25) is 5.91 Å². The van der Waals surface area contributed by atoms with Gasteiger partial charge in [-0.05, 0) is 24.7 Å². The van der Waals surface area contributed by atoms with Gasteiger partial charge >= 0.3 is 0 Å². The van der Waals surface area contributed by atoms with Crippen molar-refractivity contribution >= 4 is 5.91 Å². The van der Waals surface area contributed by atoms with E-state index in [1.54, 1.807) is 0 Å². The SMILES string of the molecule is CCN(C)CCNC(=O)Cc1ccc(CN)cc1. The van der Waals surface area contributed by atoms with Gasteiger partial charge in [0.05, 0.1) is 6.42 Å². The van der Waals surface area contributed by atoms with Crippen LogP contribution in [0.4, 0.5) is 0 Å². The van der Waals surface area contributed by atoms with E-state index in [1.807, 2.05) is 31.3 Å². The molecule has 100 valence electrons. The maximum absolute atomic E-state index is 11.7. The van der Waals surface area contributed by atoms with Crippen molar-refractivity contribution in [3.05, 3.63) is 35.4 Å². The summed E-state index contributed by atoms with van der Waals surface area (Å²) in [5.74, 6) is 0.0694. The van der Waals surface area contributed by atoms with Crippen LogP contribution in [0.3, 0.4) is 0 Å². The van der Waals surface area contributed by atoms with Crippen LogP contribution >= 0.6 is 0 Å². The van der Waals surface area contributed by atoms with E-state index >= 15 is 0 Å². The molecule has 0 heterocycles. The molecule has 0 bridgehead atoms. The number of nitrogens with two attached hydrogens (primary N) is 1. The Morgan fingerprint density at radius 2 is 1.89 bits per heavy atom. The summed E-state index contributed by atoms with van der Waals surface area (Å²) in [5.41, 5.74) is 7.63. The van der Waals surface area contributed by atoms with Crippen LogP contribution in [0, 0.1) is 0 Å². The van der Waals surface area contributed by atoms with E-state index < -0.39 is 0 Å². The number of amides is 1. The van der Waals surface area contributed by atoms with Gasteiger partial charge in [-0.1, -0.05) is 31.2 Å². The topological polar surface area (TPSA) is 58.4 Å². The molecule has 0 unspecified atom stereocenters. The first-order valence-corrected chi connectivity index (χ1v) is 6.38. The smallest absolute Gasteiger partial charge is 0.224 e. The third-order valence-electron chi connectivity index (χ3n) is 2.98. The predicted molar refractivity (Wildman–Crippen MR) is 74.2 cm³/mol. The van der Waals surface area contributed by atoms with Crippen LogP contribution in [0.2, 0.25) is 0 Å². The normalized spacial score (nSPS) is 10.7. The molecule has 0 radical (unpaired) electrons. The Morgan fingerprint density at radius 1 is 1.28 bits per heavy atom. The first-order chi connectivity index (χ1) is 8.65. The third-order valence-corrected chi connectivity index (χ3v) is 2.98. The lowest BCUT2D eigenvalue weighted by molar-refractivity contribution is -0.120. The molecule has 0 saturated heterocycles. The van der Waals surface area contributed by atoms with Gasteiger partial charge in [0.25, 0.3) is 0 Å². The predicted octanol–water partition coefficient (Wildman–Crippen LogP) is 0.756. The van der Waals surface area contributed by atoms with Crippen LogP contribution in [0.25, 0.3) is 0 Å². The van der Waals surface area contributed by atoms with Crippen molar-refractivity contribution in [3.8, 4) is 0 Å². The second-order valence-corrected chi connectivity index (χ2v) is 4.44. The zero-order valence-corrected chi connectivity index (χ0v) is 11.3. The van der Waals surface area contributed by atoms with E-state index in [0.29, 0.717) is 19.5 Å². The highest BCUT2D eigenvalue weighted by Gasteiger charge is 2.03. The number of carbonyl (C=O) groups excluding carboxylic acids is 1. The first kappa shape index (κ1) is 14.7. The number of benzene rings is 1. The molecule has 0 spiro atoms. The number of nitrogens with one attached hydrogen (secondary N) is 1. The van der Waals surface area contributed by atoms with E-state index in [9.17, 15) is 4.79 Å². The lowest BCUT2D eigenvalue weighted by Crippen LogP contribution is -2.33. The van der Waals surface area contributed by atoms with E-state index in [0.717, 1.165) is 24.2 Å². The number of nitrogens with zero attached hydrogens (tertiary/aromatic N) is 1. The summed E-state index contributed by atoms with van der Waals surface area (Å²) in [6.07, 6.45) is 0.431. The molecule has 0 aliphatic heterocycles. The Kier molecular flexibility index (Phi) is 6.39. The van der Waals surface area contributed by atoms with E-state index in [1.165, 1.54) is 0 Å². The molecule has 18 heavy (non-hydrogen) atoms. The highest BCUT2D eigenvalue weighted by atomic mass is 16.1. The molecule has 0 saturated carbocycles. The summed E-state index contributed by atoms with van der Waals surface area (Å²) in [6, 6.07) is 7.85. The van der Waals surface area contributed by atoms with Crippen molar-refractivity contribution in [1.29, 1.82) is 0 Å². The molecule has 3 N–H and O–H groups in total. The third kappa shape index (κ3) is 5.29. The second kappa shape index (κ2) is 7.84. The molecule has 1 aromatic rings. The van der Waals surface area contributed by atoms with Crippen molar-refractivity contribution < 1.29 is 4.79 Å². The number of likely N-dealkylation sites (N-methyl/N-ethyl adjacent to an activating group) is 1. The van der Waals surface area contributed by atoms with Crippen LogP contribution in [0.5, 0.6) is 0 Å².